The molecule has 4 heteroatoms. The van der Waals surface area contributed by atoms with Crippen LogP contribution in [0.4, 0.5) is 0 Å². The van der Waals surface area contributed by atoms with Crippen LogP contribution in [0.2, 0.25) is 0 Å². The van der Waals surface area contributed by atoms with Crippen molar-refractivity contribution in [2.24, 2.45) is 0 Å². The molecule has 0 aliphatic heterocycles. The topological polar surface area (TPSA) is 58.6 Å². The second-order valence-corrected chi connectivity index (χ2v) is 3.64. The van der Waals surface area contributed by atoms with Crippen LogP contribution < -0.4 is 5.32 Å². The molecule has 0 aliphatic rings. The number of para-hydroxylation sites is 1. The number of benzene rings is 1. The van der Waals surface area contributed by atoms with Gasteiger partial charge < -0.3 is 15.2 Å². The molecule has 92 valence electrons. The summed E-state index contributed by atoms with van der Waals surface area (Å²) < 4.78 is 4.57. The molecule has 4 nitrogen and oxygen atoms in total. The molecule has 0 aliphatic carbocycles. The van der Waals surface area contributed by atoms with Crippen LogP contribution in [0.5, 0.6) is 5.75 Å². The van der Waals surface area contributed by atoms with Gasteiger partial charge in [-0.15, -0.1) is 0 Å². The van der Waals surface area contributed by atoms with E-state index in [0.29, 0.717) is 18.7 Å². The zero-order valence-electron chi connectivity index (χ0n) is 10.1. The molecule has 1 aromatic carbocycles. The first kappa shape index (κ1) is 13.3. The van der Waals surface area contributed by atoms with Crippen LogP contribution in [-0.2, 0) is 16.1 Å². The Balaban J connectivity index is 2.39. The Morgan fingerprint density at radius 3 is 2.82 bits per heavy atom. The van der Waals surface area contributed by atoms with Gasteiger partial charge in [-0.05, 0) is 13.0 Å². The van der Waals surface area contributed by atoms with Gasteiger partial charge in [-0.1, -0.05) is 24.3 Å². The van der Waals surface area contributed by atoms with Crippen LogP contribution in [0.25, 0.3) is 0 Å². The highest BCUT2D eigenvalue weighted by molar-refractivity contribution is 5.87. The van der Waals surface area contributed by atoms with Gasteiger partial charge >= 0.3 is 5.97 Å². The lowest BCUT2D eigenvalue weighted by atomic mass is 10.2. The van der Waals surface area contributed by atoms with Crippen LogP contribution in [0, 0.1) is 0 Å². The maximum absolute atomic E-state index is 11.1. The van der Waals surface area contributed by atoms with Gasteiger partial charge in [0.1, 0.15) is 5.75 Å². The molecule has 0 unspecified atom stereocenters. The van der Waals surface area contributed by atoms with Crippen LogP contribution in [0.3, 0.4) is 0 Å². The number of carbonyl (C=O) groups is 1. The van der Waals surface area contributed by atoms with Crippen LogP contribution in [0.1, 0.15) is 12.5 Å². The van der Waals surface area contributed by atoms with E-state index >= 15 is 0 Å². The number of phenols is 1. The summed E-state index contributed by atoms with van der Waals surface area (Å²) >= 11 is 0. The normalized spacial score (nSPS) is 11.3. The smallest absolute Gasteiger partial charge is 0.333 e. The average Bonchev–Trinajstić information content (AvgIpc) is 2.35. The molecular formula is C13H17NO3. The van der Waals surface area contributed by atoms with Gasteiger partial charge in [-0.3, -0.25) is 0 Å². The first-order valence-electron chi connectivity index (χ1n) is 5.38. The summed E-state index contributed by atoms with van der Waals surface area (Å²) in [5.74, 6) is -0.0528. The van der Waals surface area contributed by atoms with Crippen molar-refractivity contribution < 1.29 is 14.6 Å². The summed E-state index contributed by atoms with van der Waals surface area (Å²) in [4.78, 5) is 11.1. The molecule has 0 aromatic heterocycles. The van der Waals surface area contributed by atoms with Crippen molar-refractivity contribution in [3.05, 3.63) is 41.5 Å². The maximum atomic E-state index is 11.1. The summed E-state index contributed by atoms with van der Waals surface area (Å²) in [5.41, 5.74) is 1.40. The van der Waals surface area contributed by atoms with Gasteiger partial charge in [-0.2, -0.15) is 0 Å². The number of nitrogens with one attached hydrogen (secondary N) is 1. The molecule has 0 radical (unpaired) electrons. The highest BCUT2D eigenvalue weighted by atomic mass is 16.5. The van der Waals surface area contributed by atoms with Crippen molar-refractivity contribution in [2.75, 3.05) is 13.7 Å². The Morgan fingerprint density at radius 2 is 2.18 bits per heavy atom. The number of phenolic OH excluding ortho intramolecular Hbond substituents is 1. The van der Waals surface area contributed by atoms with Crippen molar-refractivity contribution in [1.29, 1.82) is 0 Å². The molecule has 1 rings (SSSR count). The lowest BCUT2D eigenvalue weighted by molar-refractivity contribution is -0.136. The summed E-state index contributed by atoms with van der Waals surface area (Å²) in [6.07, 6.45) is 1.76. The highest BCUT2D eigenvalue weighted by Gasteiger charge is 2.02. The molecule has 0 heterocycles. The Kier molecular flexibility index (Phi) is 5.23. The van der Waals surface area contributed by atoms with E-state index in [1.807, 2.05) is 12.1 Å². The molecule has 0 fully saturated rings. The number of methoxy groups -OCH3 is 1. The fraction of sp³-hybridized carbons (Fsp3) is 0.308. The van der Waals surface area contributed by atoms with E-state index in [0.717, 1.165) is 5.56 Å². The maximum Gasteiger partial charge on any atom is 0.333 e. The number of rotatable bonds is 5. The van der Waals surface area contributed by atoms with Gasteiger partial charge in [0.05, 0.1) is 7.11 Å². The fourth-order valence-electron chi connectivity index (χ4n) is 1.34. The Bertz CT molecular complexity index is 413. The molecule has 0 saturated carbocycles. The van der Waals surface area contributed by atoms with Gasteiger partial charge in [0.2, 0.25) is 0 Å². The highest BCUT2D eigenvalue weighted by Crippen LogP contribution is 2.14. The van der Waals surface area contributed by atoms with Crippen LogP contribution in [-0.4, -0.2) is 24.7 Å². The zero-order chi connectivity index (χ0) is 12.7. The number of carbonyl (C=O) groups excluding carboxylic acids is 1. The summed E-state index contributed by atoms with van der Waals surface area (Å²) in [6.45, 7) is 2.81. The third kappa shape index (κ3) is 4.28. The SMILES string of the molecule is COC(=O)/C(C)=C/CNCc1ccccc1O. The first-order valence-corrected chi connectivity index (χ1v) is 5.38. The molecular weight excluding hydrogens is 218 g/mol. The number of hydrogen-bond acceptors (Lipinski definition) is 4. The zero-order valence-corrected chi connectivity index (χ0v) is 10.1. The summed E-state index contributed by atoms with van der Waals surface area (Å²) in [6, 6.07) is 7.14. The molecule has 0 bridgehead atoms. The van der Waals surface area contributed by atoms with Gasteiger partial charge in [0.15, 0.2) is 0 Å². The molecule has 0 atom stereocenters. The molecule has 0 spiro atoms. The summed E-state index contributed by atoms with van der Waals surface area (Å²) in [5, 5.41) is 12.6. The molecule has 0 amide bonds. The lowest BCUT2D eigenvalue weighted by Gasteiger charge is -2.05. The monoisotopic (exact) mass is 235 g/mol. The largest absolute Gasteiger partial charge is 0.508 e. The Morgan fingerprint density at radius 1 is 1.47 bits per heavy atom. The van der Waals surface area contributed by atoms with Gasteiger partial charge in [0.25, 0.3) is 0 Å². The van der Waals surface area contributed by atoms with Crippen LogP contribution in [0.15, 0.2) is 35.9 Å². The minimum absolute atomic E-state index is 0.272. The predicted molar refractivity (Wildman–Crippen MR) is 65.6 cm³/mol. The molecule has 1 aromatic rings. The Labute approximate surface area is 101 Å². The number of aromatic hydroxyl groups is 1. The van der Waals surface area contributed by atoms with E-state index in [9.17, 15) is 9.90 Å². The Hall–Kier alpha value is -1.81. The fourth-order valence-corrected chi connectivity index (χ4v) is 1.34. The first-order chi connectivity index (χ1) is 8.15. The molecule has 0 saturated heterocycles. The second-order valence-electron chi connectivity index (χ2n) is 3.64. The lowest BCUT2D eigenvalue weighted by Crippen LogP contribution is -2.14. The minimum atomic E-state index is -0.325. The van der Waals surface area contributed by atoms with Crippen LogP contribution >= 0.6 is 0 Å². The number of hydrogen-bond donors (Lipinski definition) is 2. The van der Waals surface area contributed by atoms with E-state index in [1.165, 1.54) is 7.11 Å². The van der Waals surface area contributed by atoms with E-state index in [4.69, 9.17) is 0 Å². The average molecular weight is 235 g/mol. The van der Waals surface area contributed by atoms with E-state index in [-0.39, 0.29) is 11.7 Å². The van der Waals surface area contributed by atoms with Crippen molar-refractivity contribution in [3.8, 4) is 5.75 Å². The number of ether oxygens (including phenoxy) is 1. The third-order valence-electron chi connectivity index (χ3n) is 2.37. The van der Waals surface area contributed by atoms with E-state index < -0.39 is 0 Å². The standard InChI is InChI=1S/C13H17NO3/c1-10(13(16)17-2)7-8-14-9-11-5-3-4-6-12(11)15/h3-7,14-15H,8-9H2,1-2H3/b10-7+. The summed E-state index contributed by atoms with van der Waals surface area (Å²) in [7, 11) is 1.36. The van der Waals surface area contributed by atoms with Gasteiger partial charge in [0, 0.05) is 24.2 Å². The predicted octanol–water partition coefficient (Wildman–Crippen LogP) is 1.60. The minimum Gasteiger partial charge on any atom is -0.508 e. The quantitative estimate of drug-likeness (QED) is 0.462. The second kappa shape index (κ2) is 6.70. The van der Waals surface area contributed by atoms with Crippen molar-refractivity contribution in [1.82, 2.24) is 5.32 Å². The third-order valence-corrected chi connectivity index (χ3v) is 2.37. The van der Waals surface area contributed by atoms with Crippen molar-refractivity contribution >= 4 is 5.97 Å². The van der Waals surface area contributed by atoms with Crippen molar-refractivity contribution in [2.45, 2.75) is 13.5 Å². The van der Waals surface area contributed by atoms with E-state index in [1.54, 1.807) is 25.1 Å². The van der Waals surface area contributed by atoms with Crippen molar-refractivity contribution in [3.63, 3.8) is 0 Å². The van der Waals surface area contributed by atoms with Gasteiger partial charge in [-0.25, -0.2) is 4.79 Å². The van der Waals surface area contributed by atoms with E-state index in [2.05, 4.69) is 10.1 Å². The number of esters is 1. The molecule has 2 N–H and O–H groups in total. The molecule has 17 heavy (non-hydrogen) atoms.